The van der Waals surface area contributed by atoms with Crippen molar-refractivity contribution in [3.05, 3.63) is 62.0 Å². The highest BCUT2D eigenvalue weighted by Crippen LogP contribution is 2.33. The molecule has 0 saturated carbocycles. The molecule has 1 amide bonds. The van der Waals surface area contributed by atoms with E-state index < -0.39 is 23.1 Å². The number of esters is 1. The van der Waals surface area contributed by atoms with Crippen LogP contribution in [0.1, 0.15) is 38.1 Å². The van der Waals surface area contributed by atoms with E-state index in [0.717, 1.165) is 10.9 Å². The van der Waals surface area contributed by atoms with Crippen LogP contribution >= 0.6 is 11.3 Å². The van der Waals surface area contributed by atoms with E-state index in [-0.39, 0.29) is 23.1 Å². The van der Waals surface area contributed by atoms with Crippen molar-refractivity contribution in [2.24, 2.45) is 7.05 Å². The SMILES string of the molecule is CCOC(=O)c1c(NC(=O)c2cn(C)c3ccc(F)cc3c2=O)sc(C)c1C. The van der Waals surface area contributed by atoms with Crippen molar-refractivity contribution in [2.75, 3.05) is 11.9 Å². The van der Waals surface area contributed by atoms with Gasteiger partial charge in [0, 0.05) is 23.5 Å². The third-order valence-electron chi connectivity index (χ3n) is 4.49. The number of ether oxygens (including phenoxy) is 1. The van der Waals surface area contributed by atoms with Crippen molar-refractivity contribution in [2.45, 2.75) is 20.8 Å². The number of hydrogen-bond acceptors (Lipinski definition) is 5. The first-order valence-electron chi connectivity index (χ1n) is 8.62. The fourth-order valence-corrected chi connectivity index (χ4v) is 4.00. The summed E-state index contributed by atoms with van der Waals surface area (Å²) in [6.07, 6.45) is 1.40. The quantitative estimate of drug-likeness (QED) is 0.674. The van der Waals surface area contributed by atoms with E-state index in [1.165, 1.54) is 29.7 Å². The molecule has 0 bridgehead atoms. The second kappa shape index (κ2) is 7.55. The molecule has 0 unspecified atom stereocenters. The first-order valence-corrected chi connectivity index (χ1v) is 9.43. The molecule has 1 N–H and O–H groups in total. The Kier molecular flexibility index (Phi) is 5.33. The van der Waals surface area contributed by atoms with Gasteiger partial charge in [0.2, 0.25) is 5.43 Å². The molecular formula is C20H19FN2O4S. The number of aromatic nitrogens is 1. The first-order chi connectivity index (χ1) is 13.2. The molecule has 28 heavy (non-hydrogen) atoms. The summed E-state index contributed by atoms with van der Waals surface area (Å²) in [4.78, 5) is 38.7. The maximum absolute atomic E-state index is 13.6. The van der Waals surface area contributed by atoms with E-state index >= 15 is 0 Å². The van der Waals surface area contributed by atoms with Crippen molar-refractivity contribution in [3.8, 4) is 0 Å². The van der Waals surface area contributed by atoms with Crippen LogP contribution in [-0.4, -0.2) is 23.1 Å². The van der Waals surface area contributed by atoms with Gasteiger partial charge >= 0.3 is 5.97 Å². The second-order valence-corrected chi connectivity index (χ2v) is 7.53. The topological polar surface area (TPSA) is 77.4 Å². The van der Waals surface area contributed by atoms with Gasteiger partial charge in [0.25, 0.3) is 5.91 Å². The number of aryl methyl sites for hydroxylation is 2. The number of amides is 1. The molecule has 146 valence electrons. The Bertz CT molecular complexity index is 1160. The molecule has 2 heterocycles. The van der Waals surface area contributed by atoms with E-state index in [1.807, 2.05) is 6.92 Å². The lowest BCUT2D eigenvalue weighted by Gasteiger charge is -2.10. The van der Waals surface area contributed by atoms with Crippen molar-refractivity contribution in [3.63, 3.8) is 0 Å². The van der Waals surface area contributed by atoms with Crippen molar-refractivity contribution < 1.29 is 18.7 Å². The minimum atomic E-state index is -0.668. The van der Waals surface area contributed by atoms with Crippen LogP contribution in [0, 0.1) is 19.7 Å². The van der Waals surface area contributed by atoms with Crippen LogP contribution in [0.4, 0.5) is 9.39 Å². The molecule has 0 saturated heterocycles. The summed E-state index contributed by atoms with van der Waals surface area (Å²) in [5.74, 6) is -1.76. The number of fused-ring (bicyclic) bond motifs is 1. The highest BCUT2D eigenvalue weighted by molar-refractivity contribution is 7.16. The highest BCUT2D eigenvalue weighted by Gasteiger charge is 2.24. The van der Waals surface area contributed by atoms with Gasteiger partial charge in [-0.25, -0.2) is 9.18 Å². The summed E-state index contributed by atoms with van der Waals surface area (Å²) in [7, 11) is 1.67. The molecular weight excluding hydrogens is 383 g/mol. The van der Waals surface area contributed by atoms with E-state index in [1.54, 1.807) is 25.5 Å². The van der Waals surface area contributed by atoms with Gasteiger partial charge in [-0.15, -0.1) is 11.3 Å². The number of hydrogen-bond donors (Lipinski definition) is 1. The molecule has 3 rings (SSSR count). The predicted octanol–water partition coefficient (Wildman–Crippen LogP) is 3.78. The zero-order valence-corrected chi connectivity index (χ0v) is 16.7. The van der Waals surface area contributed by atoms with Crippen LogP contribution in [-0.2, 0) is 11.8 Å². The minimum absolute atomic E-state index is 0.110. The molecule has 0 fully saturated rings. The van der Waals surface area contributed by atoms with Gasteiger partial charge in [-0.3, -0.25) is 9.59 Å². The Balaban J connectivity index is 2.06. The van der Waals surface area contributed by atoms with E-state index in [2.05, 4.69) is 5.32 Å². The van der Waals surface area contributed by atoms with E-state index in [0.29, 0.717) is 16.1 Å². The van der Waals surface area contributed by atoms with E-state index in [4.69, 9.17) is 4.74 Å². The maximum atomic E-state index is 13.6. The minimum Gasteiger partial charge on any atom is -0.462 e. The Hall–Kier alpha value is -3.00. The van der Waals surface area contributed by atoms with Crippen LogP contribution in [0.5, 0.6) is 0 Å². The molecule has 0 atom stereocenters. The van der Waals surface area contributed by atoms with Gasteiger partial charge in [-0.2, -0.15) is 0 Å². The second-order valence-electron chi connectivity index (χ2n) is 6.31. The smallest absolute Gasteiger partial charge is 0.341 e. The monoisotopic (exact) mass is 402 g/mol. The summed E-state index contributed by atoms with van der Waals surface area (Å²) in [6, 6.07) is 3.85. The molecule has 0 aliphatic heterocycles. The van der Waals surface area contributed by atoms with Crippen molar-refractivity contribution in [1.82, 2.24) is 4.57 Å². The van der Waals surface area contributed by atoms with Gasteiger partial charge in [0.1, 0.15) is 16.4 Å². The van der Waals surface area contributed by atoms with Gasteiger partial charge < -0.3 is 14.6 Å². The molecule has 8 heteroatoms. The average molecular weight is 402 g/mol. The van der Waals surface area contributed by atoms with Crippen LogP contribution in [0.2, 0.25) is 0 Å². The van der Waals surface area contributed by atoms with Gasteiger partial charge in [0.05, 0.1) is 17.7 Å². The Morgan fingerprint density at radius 1 is 1.29 bits per heavy atom. The number of carbonyl (C=O) groups excluding carboxylic acids is 2. The molecule has 0 aliphatic rings. The molecule has 2 aromatic heterocycles. The third-order valence-corrected chi connectivity index (χ3v) is 5.61. The zero-order chi connectivity index (χ0) is 20.6. The molecule has 0 radical (unpaired) electrons. The van der Waals surface area contributed by atoms with Crippen molar-refractivity contribution >= 4 is 39.1 Å². The van der Waals surface area contributed by atoms with Gasteiger partial charge in [0.15, 0.2) is 0 Å². The number of anilines is 1. The molecule has 3 aromatic rings. The number of nitrogens with one attached hydrogen (secondary N) is 1. The summed E-state index contributed by atoms with van der Waals surface area (Å²) in [5, 5.41) is 3.08. The first kappa shape index (κ1) is 19.8. The lowest BCUT2D eigenvalue weighted by Crippen LogP contribution is -2.24. The molecule has 1 aromatic carbocycles. The average Bonchev–Trinajstić information content (AvgIpc) is 2.91. The summed E-state index contributed by atoms with van der Waals surface area (Å²) in [6.45, 7) is 5.50. The fraction of sp³-hybridized carbons (Fsp3) is 0.250. The number of carbonyl (C=O) groups is 2. The van der Waals surface area contributed by atoms with Crippen molar-refractivity contribution in [1.29, 1.82) is 0 Å². The lowest BCUT2D eigenvalue weighted by atomic mass is 10.1. The van der Waals surface area contributed by atoms with Gasteiger partial charge in [-0.05, 0) is 44.5 Å². The largest absolute Gasteiger partial charge is 0.462 e. The number of nitrogens with zero attached hydrogens (tertiary/aromatic N) is 1. The van der Waals surface area contributed by atoms with Crippen LogP contribution in [0.15, 0.2) is 29.2 Å². The Morgan fingerprint density at radius 2 is 2.00 bits per heavy atom. The van der Waals surface area contributed by atoms with E-state index in [9.17, 15) is 18.8 Å². The number of rotatable bonds is 4. The molecule has 0 spiro atoms. The molecule has 0 aliphatic carbocycles. The summed E-state index contributed by atoms with van der Waals surface area (Å²) >= 11 is 1.23. The standard InChI is InChI=1S/C20H19FN2O4S/c1-5-27-20(26)16-10(2)11(3)28-19(16)22-18(25)14-9-23(4)15-7-6-12(21)8-13(15)17(14)24/h6-9H,5H2,1-4H3,(H,22,25). The Labute approximate surface area is 164 Å². The third kappa shape index (κ3) is 3.43. The van der Waals surface area contributed by atoms with Gasteiger partial charge in [-0.1, -0.05) is 0 Å². The number of pyridine rings is 1. The predicted molar refractivity (Wildman–Crippen MR) is 107 cm³/mol. The Morgan fingerprint density at radius 3 is 2.68 bits per heavy atom. The number of thiophene rings is 1. The van der Waals surface area contributed by atoms with Crippen LogP contribution in [0.3, 0.4) is 0 Å². The summed E-state index contributed by atoms with van der Waals surface area (Å²) in [5.41, 5.74) is 0.790. The summed E-state index contributed by atoms with van der Waals surface area (Å²) < 4.78 is 20.2. The van der Waals surface area contributed by atoms with Crippen LogP contribution in [0.25, 0.3) is 10.9 Å². The van der Waals surface area contributed by atoms with Crippen LogP contribution < -0.4 is 10.7 Å². The molecule has 6 nitrogen and oxygen atoms in total. The maximum Gasteiger partial charge on any atom is 0.341 e. The number of benzene rings is 1. The fourth-order valence-electron chi connectivity index (χ4n) is 2.96. The zero-order valence-electron chi connectivity index (χ0n) is 15.9. The highest BCUT2D eigenvalue weighted by atomic mass is 32.1. The lowest BCUT2D eigenvalue weighted by molar-refractivity contribution is 0.0527. The number of halogens is 1. The normalized spacial score (nSPS) is 10.9.